The molecule has 1 N–H and O–H groups in total. The van der Waals surface area contributed by atoms with Crippen LogP contribution < -0.4 is 0 Å². The molecule has 0 amide bonds. The summed E-state index contributed by atoms with van der Waals surface area (Å²) in [6, 6.07) is 3.71. The maximum absolute atomic E-state index is 11.8. The number of carbonyl (C=O) groups excluding carboxylic acids is 1. The molecule has 0 bridgehead atoms. The molecule has 1 atom stereocenters. The van der Waals surface area contributed by atoms with Gasteiger partial charge in [0.1, 0.15) is 0 Å². The molecule has 1 saturated carbocycles. The fourth-order valence-corrected chi connectivity index (χ4v) is 3.01. The van der Waals surface area contributed by atoms with Gasteiger partial charge in [0.2, 0.25) is 0 Å². The van der Waals surface area contributed by atoms with Gasteiger partial charge in [0.05, 0.1) is 0 Å². The third kappa shape index (κ3) is 1.41. The van der Waals surface area contributed by atoms with Crippen molar-refractivity contribution in [2.24, 2.45) is 5.41 Å². The zero-order valence-corrected chi connectivity index (χ0v) is 9.23. The summed E-state index contributed by atoms with van der Waals surface area (Å²) in [4.78, 5) is 12.6. The minimum absolute atomic E-state index is 0.0371. The van der Waals surface area contributed by atoms with E-state index in [-0.39, 0.29) is 11.2 Å². The Morgan fingerprint density at radius 2 is 2.21 bits per heavy atom. The molecule has 1 aliphatic rings. The van der Waals surface area contributed by atoms with Gasteiger partial charge in [-0.1, -0.05) is 19.9 Å². The highest BCUT2D eigenvalue weighted by molar-refractivity contribution is 7.10. The summed E-state index contributed by atoms with van der Waals surface area (Å²) in [5.41, 5.74) is -1.28. The summed E-state index contributed by atoms with van der Waals surface area (Å²) in [7, 11) is 0. The number of hydrogen-bond acceptors (Lipinski definition) is 3. The summed E-state index contributed by atoms with van der Waals surface area (Å²) in [6.45, 7) is 4.05. The zero-order valence-electron chi connectivity index (χ0n) is 8.41. The molecule has 3 heteroatoms. The van der Waals surface area contributed by atoms with Crippen LogP contribution in [-0.2, 0) is 10.4 Å². The Morgan fingerprint density at radius 3 is 2.64 bits per heavy atom. The lowest BCUT2D eigenvalue weighted by molar-refractivity contribution is -0.133. The molecule has 14 heavy (non-hydrogen) atoms. The average Bonchev–Trinajstić information content (AvgIpc) is 2.58. The van der Waals surface area contributed by atoms with Crippen molar-refractivity contribution in [2.75, 3.05) is 0 Å². The average molecular weight is 210 g/mol. The van der Waals surface area contributed by atoms with E-state index >= 15 is 0 Å². The lowest BCUT2D eigenvalue weighted by atomic mass is 9.89. The van der Waals surface area contributed by atoms with Gasteiger partial charge < -0.3 is 5.11 Å². The maximum Gasteiger partial charge on any atom is 0.170 e. The van der Waals surface area contributed by atoms with Gasteiger partial charge in [-0.15, -0.1) is 11.3 Å². The first kappa shape index (κ1) is 9.87. The molecular formula is C11H14O2S. The van der Waals surface area contributed by atoms with Crippen LogP contribution in [0.4, 0.5) is 0 Å². The van der Waals surface area contributed by atoms with Crippen molar-refractivity contribution in [3.05, 3.63) is 22.4 Å². The van der Waals surface area contributed by atoms with E-state index in [1.165, 1.54) is 11.3 Å². The Balaban J connectivity index is 2.39. The van der Waals surface area contributed by atoms with Crippen LogP contribution in [0.5, 0.6) is 0 Å². The fourth-order valence-electron chi connectivity index (χ4n) is 2.17. The minimum Gasteiger partial charge on any atom is -0.376 e. The Hall–Kier alpha value is -0.670. The van der Waals surface area contributed by atoms with Crippen LogP contribution in [0.25, 0.3) is 0 Å². The number of Topliss-reactive ketones (excluding diaryl/α,β-unsaturated/α-hetero) is 1. The molecule has 0 spiro atoms. The minimum atomic E-state index is -1.21. The molecule has 0 radical (unpaired) electrons. The molecule has 2 nitrogen and oxygen atoms in total. The third-order valence-electron chi connectivity index (χ3n) is 2.76. The van der Waals surface area contributed by atoms with E-state index in [1.54, 1.807) is 0 Å². The van der Waals surface area contributed by atoms with Gasteiger partial charge in [-0.25, -0.2) is 0 Å². The number of carbonyl (C=O) groups is 1. The second-order valence-electron chi connectivity index (χ2n) is 4.78. The molecule has 1 aromatic rings. The smallest absolute Gasteiger partial charge is 0.170 e. The molecule has 1 aliphatic carbocycles. The number of hydrogen-bond donors (Lipinski definition) is 1. The molecule has 1 heterocycles. The van der Waals surface area contributed by atoms with E-state index in [9.17, 15) is 9.90 Å². The number of thiophene rings is 1. The monoisotopic (exact) mass is 210 g/mol. The van der Waals surface area contributed by atoms with Crippen molar-refractivity contribution in [3.8, 4) is 0 Å². The molecule has 0 aromatic carbocycles. The summed E-state index contributed by atoms with van der Waals surface area (Å²) in [6.07, 6.45) is 1.01. The van der Waals surface area contributed by atoms with Gasteiger partial charge in [0.15, 0.2) is 11.4 Å². The SMILES string of the molecule is CC1(C)CC(=O)C(O)(c2cccs2)C1. The van der Waals surface area contributed by atoms with E-state index in [0.717, 1.165) is 4.88 Å². The van der Waals surface area contributed by atoms with Crippen LogP contribution in [0.3, 0.4) is 0 Å². The van der Waals surface area contributed by atoms with Gasteiger partial charge in [-0.05, 0) is 23.3 Å². The van der Waals surface area contributed by atoms with Crippen molar-refractivity contribution in [3.63, 3.8) is 0 Å². The van der Waals surface area contributed by atoms with Gasteiger partial charge >= 0.3 is 0 Å². The highest BCUT2D eigenvalue weighted by atomic mass is 32.1. The molecule has 0 saturated heterocycles. The van der Waals surface area contributed by atoms with E-state index in [2.05, 4.69) is 0 Å². The summed E-state index contributed by atoms with van der Waals surface area (Å²) < 4.78 is 0. The molecule has 1 fully saturated rings. The van der Waals surface area contributed by atoms with E-state index in [0.29, 0.717) is 12.8 Å². The van der Waals surface area contributed by atoms with Crippen LogP contribution in [0.2, 0.25) is 0 Å². The summed E-state index contributed by atoms with van der Waals surface area (Å²) in [5.74, 6) is -0.0371. The van der Waals surface area contributed by atoms with Crippen LogP contribution in [0.15, 0.2) is 17.5 Å². The molecule has 2 rings (SSSR count). The molecular weight excluding hydrogens is 196 g/mol. The highest BCUT2D eigenvalue weighted by Crippen LogP contribution is 2.47. The molecule has 0 aliphatic heterocycles. The van der Waals surface area contributed by atoms with Crippen molar-refractivity contribution in [2.45, 2.75) is 32.3 Å². The molecule has 76 valence electrons. The first-order valence-corrected chi connectivity index (χ1v) is 5.62. The second kappa shape index (κ2) is 2.91. The maximum atomic E-state index is 11.8. The largest absolute Gasteiger partial charge is 0.376 e. The van der Waals surface area contributed by atoms with E-state index < -0.39 is 5.60 Å². The molecule has 1 aromatic heterocycles. The summed E-state index contributed by atoms with van der Waals surface area (Å²) in [5, 5.41) is 12.2. The number of ketones is 1. The van der Waals surface area contributed by atoms with Crippen molar-refractivity contribution >= 4 is 17.1 Å². The van der Waals surface area contributed by atoms with Gasteiger partial charge in [0, 0.05) is 11.3 Å². The Morgan fingerprint density at radius 1 is 1.50 bits per heavy atom. The molecule has 1 unspecified atom stereocenters. The lowest BCUT2D eigenvalue weighted by Gasteiger charge is -2.22. The second-order valence-corrected chi connectivity index (χ2v) is 5.73. The normalized spacial score (nSPS) is 30.9. The fraction of sp³-hybridized carbons (Fsp3) is 0.545. The van der Waals surface area contributed by atoms with Crippen molar-refractivity contribution in [1.29, 1.82) is 0 Å². The van der Waals surface area contributed by atoms with Gasteiger partial charge in [-0.2, -0.15) is 0 Å². The topological polar surface area (TPSA) is 37.3 Å². The zero-order chi connectivity index (χ0) is 10.4. The standard InChI is InChI=1S/C11H14O2S/c1-10(2)6-8(12)11(13,7-10)9-4-3-5-14-9/h3-5,13H,6-7H2,1-2H3. The van der Waals surface area contributed by atoms with Crippen molar-refractivity contribution in [1.82, 2.24) is 0 Å². The highest BCUT2D eigenvalue weighted by Gasteiger charge is 2.50. The Bertz CT molecular complexity index is 353. The lowest BCUT2D eigenvalue weighted by Crippen LogP contribution is -2.29. The van der Waals surface area contributed by atoms with Crippen LogP contribution >= 0.6 is 11.3 Å². The number of aliphatic hydroxyl groups is 1. The van der Waals surface area contributed by atoms with E-state index in [4.69, 9.17) is 0 Å². The van der Waals surface area contributed by atoms with E-state index in [1.807, 2.05) is 31.4 Å². The van der Waals surface area contributed by atoms with Crippen molar-refractivity contribution < 1.29 is 9.90 Å². The third-order valence-corrected chi connectivity index (χ3v) is 3.78. The van der Waals surface area contributed by atoms with Gasteiger partial charge in [0.25, 0.3) is 0 Å². The van der Waals surface area contributed by atoms with Crippen LogP contribution in [0, 0.1) is 5.41 Å². The van der Waals surface area contributed by atoms with Crippen LogP contribution in [-0.4, -0.2) is 10.9 Å². The first-order chi connectivity index (χ1) is 6.44. The Kier molecular flexibility index (Phi) is 2.05. The quantitative estimate of drug-likeness (QED) is 0.772. The predicted molar refractivity (Wildman–Crippen MR) is 56.2 cm³/mol. The summed E-state index contributed by atoms with van der Waals surface area (Å²) >= 11 is 1.45. The van der Waals surface area contributed by atoms with Crippen LogP contribution in [0.1, 0.15) is 31.6 Å². The first-order valence-electron chi connectivity index (χ1n) is 4.74. The number of rotatable bonds is 1. The Labute approximate surface area is 87.6 Å². The van der Waals surface area contributed by atoms with Gasteiger partial charge in [-0.3, -0.25) is 4.79 Å². The predicted octanol–water partition coefficient (Wildman–Crippen LogP) is 2.32.